The van der Waals surface area contributed by atoms with Crippen LogP contribution in [0.15, 0.2) is 11.6 Å². The van der Waals surface area contributed by atoms with Gasteiger partial charge >= 0.3 is 0 Å². The molecule has 0 aromatic carbocycles. The van der Waals surface area contributed by atoms with Crippen LogP contribution in [-0.4, -0.2) is 35.3 Å². The Bertz CT molecular complexity index is 728. The first-order valence-corrected chi connectivity index (χ1v) is 13.1. The predicted octanol–water partition coefficient (Wildman–Crippen LogP) is 5.51. The van der Waals surface area contributed by atoms with Crippen molar-refractivity contribution in [1.82, 2.24) is 5.06 Å². The highest BCUT2D eigenvalue weighted by Crippen LogP contribution is 2.67. The van der Waals surface area contributed by atoms with Crippen LogP contribution >= 0.6 is 0 Å². The monoisotopic (exact) mass is 429 g/mol. The van der Waals surface area contributed by atoms with Crippen LogP contribution in [0.2, 0.25) is 0 Å². The molecule has 0 spiro atoms. The second-order valence-electron chi connectivity index (χ2n) is 12.1. The van der Waals surface area contributed by atoms with Crippen LogP contribution < -0.4 is 0 Å². The van der Waals surface area contributed by atoms with E-state index in [0.717, 1.165) is 55.9 Å². The smallest absolute Gasteiger partial charge is 0.246 e. The maximum absolute atomic E-state index is 12.5. The largest absolute Gasteiger partial charge is 0.393 e. The van der Waals surface area contributed by atoms with Gasteiger partial charge in [-0.2, -0.15) is 0 Å². The second-order valence-corrected chi connectivity index (χ2v) is 12.1. The van der Waals surface area contributed by atoms with Gasteiger partial charge in [-0.05, 0) is 105 Å². The lowest BCUT2D eigenvalue weighted by Crippen LogP contribution is -2.50. The Kier molecular flexibility index (Phi) is 5.78. The highest BCUT2D eigenvalue weighted by atomic mass is 16.7. The zero-order valence-electron chi connectivity index (χ0n) is 19.9. The Hall–Kier alpha value is -0.870. The molecule has 1 heterocycles. The van der Waals surface area contributed by atoms with Crippen LogP contribution in [0, 0.1) is 40.4 Å². The van der Waals surface area contributed by atoms with E-state index in [1.165, 1.54) is 38.5 Å². The molecule has 1 aliphatic heterocycles. The van der Waals surface area contributed by atoms with Gasteiger partial charge in [-0.15, -0.1) is 0 Å². The second kappa shape index (κ2) is 8.17. The summed E-state index contributed by atoms with van der Waals surface area (Å²) in [5.41, 5.74) is 2.33. The molecule has 4 nitrogen and oxygen atoms in total. The molecule has 5 aliphatic rings. The number of amides is 1. The van der Waals surface area contributed by atoms with Crippen LogP contribution in [0.25, 0.3) is 0 Å². The van der Waals surface area contributed by atoms with E-state index in [1.54, 1.807) is 10.6 Å². The van der Waals surface area contributed by atoms with Crippen molar-refractivity contribution in [1.29, 1.82) is 0 Å². The molecule has 4 aliphatic carbocycles. The minimum absolute atomic E-state index is 0.116. The summed E-state index contributed by atoms with van der Waals surface area (Å²) < 4.78 is 0. The van der Waals surface area contributed by atoms with Gasteiger partial charge in [-0.25, -0.2) is 5.06 Å². The van der Waals surface area contributed by atoms with Crippen molar-refractivity contribution < 1.29 is 14.7 Å². The van der Waals surface area contributed by atoms with Crippen molar-refractivity contribution in [2.24, 2.45) is 40.4 Å². The lowest BCUT2D eigenvalue weighted by molar-refractivity contribution is -0.169. The minimum Gasteiger partial charge on any atom is -0.393 e. The molecule has 3 saturated carbocycles. The quantitative estimate of drug-likeness (QED) is 0.600. The Morgan fingerprint density at radius 3 is 2.84 bits per heavy atom. The summed E-state index contributed by atoms with van der Waals surface area (Å²) in [4.78, 5) is 17.9. The number of hydroxylamine groups is 2. The molecule has 1 amide bonds. The minimum atomic E-state index is -0.116. The Balaban J connectivity index is 1.27. The fourth-order valence-corrected chi connectivity index (χ4v) is 8.94. The predicted molar refractivity (Wildman–Crippen MR) is 122 cm³/mol. The Morgan fingerprint density at radius 1 is 1.23 bits per heavy atom. The molecule has 4 heteroatoms. The fraction of sp³-hybridized carbons (Fsp3) is 0.889. The first-order valence-electron chi connectivity index (χ1n) is 13.1. The summed E-state index contributed by atoms with van der Waals surface area (Å²) in [5, 5.41) is 11.8. The van der Waals surface area contributed by atoms with Gasteiger partial charge in [0.1, 0.15) is 0 Å². The maximum Gasteiger partial charge on any atom is 0.246 e. The summed E-state index contributed by atoms with van der Waals surface area (Å²) in [6, 6.07) is 0. The van der Waals surface area contributed by atoms with Crippen LogP contribution in [0.3, 0.4) is 0 Å². The third-order valence-corrected chi connectivity index (χ3v) is 10.7. The first kappa shape index (κ1) is 21.9. The molecule has 1 saturated heterocycles. The van der Waals surface area contributed by atoms with Crippen molar-refractivity contribution in [3.05, 3.63) is 11.6 Å². The number of aliphatic hydroxyl groups is 1. The van der Waals surface area contributed by atoms with E-state index < -0.39 is 0 Å². The average molecular weight is 430 g/mol. The molecule has 31 heavy (non-hydrogen) atoms. The normalized spacial score (nSPS) is 45.5. The van der Waals surface area contributed by atoms with Crippen molar-refractivity contribution in [2.75, 3.05) is 13.2 Å². The summed E-state index contributed by atoms with van der Waals surface area (Å²) in [6.45, 7) is 8.99. The zero-order valence-corrected chi connectivity index (χ0v) is 19.9. The van der Waals surface area contributed by atoms with E-state index in [0.29, 0.717) is 29.8 Å². The van der Waals surface area contributed by atoms with Gasteiger partial charge in [0.05, 0.1) is 19.3 Å². The third kappa shape index (κ3) is 3.60. The molecule has 5 rings (SSSR count). The van der Waals surface area contributed by atoms with Crippen LogP contribution in [0.1, 0.15) is 91.4 Å². The number of carbonyl (C=O) groups excluding carboxylic acids is 1. The topological polar surface area (TPSA) is 49.8 Å². The van der Waals surface area contributed by atoms with Crippen molar-refractivity contribution in [2.45, 2.75) is 97.5 Å². The Labute approximate surface area is 188 Å². The fourth-order valence-electron chi connectivity index (χ4n) is 8.94. The van der Waals surface area contributed by atoms with Crippen LogP contribution in [0.4, 0.5) is 0 Å². The first-order chi connectivity index (χ1) is 14.8. The number of hydrogen-bond donors (Lipinski definition) is 1. The van der Waals surface area contributed by atoms with Gasteiger partial charge < -0.3 is 5.11 Å². The number of hydrogen-bond acceptors (Lipinski definition) is 3. The molecule has 1 N–H and O–H groups in total. The highest BCUT2D eigenvalue weighted by molar-refractivity contribution is 5.75. The zero-order chi connectivity index (χ0) is 21.8. The van der Waals surface area contributed by atoms with E-state index in [9.17, 15) is 9.90 Å². The van der Waals surface area contributed by atoms with E-state index in [-0.39, 0.29) is 12.0 Å². The van der Waals surface area contributed by atoms with Crippen molar-refractivity contribution in [3.63, 3.8) is 0 Å². The third-order valence-electron chi connectivity index (χ3n) is 10.7. The Morgan fingerprint density at radius 2 is 2.06 bits per heavy atom. The maximum atomic E-state index is 12.5. The molecular weight excluding hydrogens is 386 g/mol. The summed E-state index contributed by atoms with van der Waals surface area (Å²) >= 11 is 0. The van der Waals surface area contributed by atoms with E-state index in [4.69, 9.17) is 4.84 Å². The van der Waals surface area contributed by atoms with Gasteiger partial charge in [-0.3, -0.25) is 9.63 Å². The number of fused-ring (bicyclic) bond motifs is 5. The number of nitrogens with zero attached hydrogens (tertiary/aromatic N) is 1. The molecule has 174 valence electrons. The van der Waals surface area contributed by atoms with E-state index in [2.05, 4.69) is 26.8 Å². The van der Waals surface area contributed by atoms with Crippen molar-refractivity contribution in [3.8, 4) is 0 Å². The molecule has 0 aromatic heterocycles. The summed E-state index contributed by atoms with van der Waals surface area (Å²) in [6.07, 6.45) is 14.7. The molecule has 0 radical (unpaired) electrons. The van der Waals surface area contributed by atoms with Crippen molar-refractivity contribution >= 4 is 5.91 Å². The molecule has 4 fully saturated rings. The highest BCUT2D eigenvalue weighted by Gasteiger charge is 2.59. The molecule has 0 bridgehead atoms. The van der Waals surface area contributed by atoms with E-state index >= 15 is 0 Å². The number of rotatable bonds is 4. The molecule has 1 unspecified atom stereocenters. The van der Waals surface area contributed by atoms with Crippen LogP contribution in [-0.2, 0) is 9.63 Å². The summed E-state index contributed by atoms with van der Waals surface area (Å²) in [7, 11) is 0. The van der Waals surface area contributed by atoms with E-state index in [1.807, 2.05) is 0 Å². The lowest BCUT2D eigenvalue weighted by atomic mass is 9.47. The standard InChI is InChI=1S/C27H43NO3/c1-18(5-10-25(30)28-15-4-16-31-28)22-8-9-23-21-7-6-19-17-20(29)11-13-26(19,2)24(21)12-14-27(22,23)3/h6,18,20-24,29H,4-5,7-17H2,1-3H3/t18?,20-,21-,22+,23-,24-,26-,27+/m0/s1. The van der Waals surface area contributed by atoms with Gasteiger partial charge in [0.2, 0.25) is 5.91 Å². The average Bonchev–Trinajstić information content (AvgIpc) is 3.40. The number of aliphatic hydroxyl groups excluding tert-OH is 1. The van der Waals surface area contributed by atoms with Gasteiger partial charge in [0.25, 0.3) is 0 Å². The van der Waals surface area contributed by atoms with Crippen LogP contribution in [0.5, 0.6) is 0 Å². The molecule has 8 atom stereocenters. The molecule has 0 aromatic rings. The lowest BCUT2D eigenvalue weighted by Gasteiger charge is -2.58. The van der Waals surface area contributed by atoms with Gasteiger partial charge in [0.15, 0.2) is 0 Å². The van der Waals surface area contributed by atoms with Gasteiger partial charge in [0, 0.05) is 6.42 Å². The number of allylic oxidation sites excluding steroid dienone is 1. The number of carbonyl (C=O) groups is 1. The molecular formula is C27H43NO3. The summed E-state index contributed by atoms with van der Waals surface area (Å²) in [5.74, 6) is 3.99. The SMILES string of the molecule is CC(CCC(=O)N1CCCO1)[C@H]1CC[C@H]2[C@@H]3CC=C4C[C@@H](O)CC[C@]4(C)[C@H]3CC[C@]12C. The van der Waals surface area contributed by atoms with Gasteiger partial charge in [-0.1, -0.05) is 32.4 Å².